The molecule has 5 nitrogen and oxygen atoms in total. The molecule has 2 aromatic rings. The predicted octanol–water partition coefficient (Wildman–Crippen LogP) is 1.61. The van der Waals surface area contributed by atoms with Gasteiger partial charge in [-0.05, 0) is 12.1 Å². The van der Waals surface area contributed by atoms with E-state index in [-0.39, 0.29) is 12.4 Å². The van der Waals surface area contributed by atoms with Crippen LogP contribution in [0.1, 0.15) is 11.5 Å². The maximum atomic E-state index is 12.2. The molecule has 2 rings (SSSR count). The van der Waals surface area contributed by atoms with Gasteiger partial charge in [-0.15, -0.1) is 0 Å². The maximum Gasteiger partial charge on any atom is 0.455 e. The monoisotopic (exact) mass is 244 g/mol. The van der Waals surface area contributed by atoms with Crippen molar-refractivity contribution in [2.24, 2.45) is 5.73 Å². The van der Waals surface area contributed by atoms with Gasteiger partial charge in [-0.1, -0.05) is 5.16 Å². The van der Waals surface area contributed by atoms with Crippen LogP contribution < -0.4 is 5.73 Å². The van der Waals surface area contributed by atoms with Gasteiger partial charge in [0.25, 0.3) is 11.7 Å². The quantitative estimate of drug-likeness (QED) is 0.868. The van der Waals surface area contributed by atoms with E-state index in [4.69, 9.17) is 5.73 Å². The highest BCUT2D eigenvalue weighted by atomic mass is 19.4. The van der Waals surface area contributed by atoms with Crippen LogP contribution >= 0.6 is 0 Å². The SMILES string of the molecule is NCc1cc(-c2nc(C(F)(F)F)no2)ccn1. The highest BCUT2D eigenvalue weighted by Crippen LogP contribution is 2.28. The number of nitrogens with zero attached hydrogens (tertiary/aromatic N) is 3. The van der Waals surface area contributed by atoms with Crippen LogP contribution in [0.15, 0.2) is 22.9 Å². The summed E-state index contributed by atoms with van der Waals surface area (Å²) in [5.74, 6) is -1.52. The lowest BCUT2D eigenvalue weighted by Crippen LogP contribution is -2.07. The Labute approximate surface area is 93.5 Å². The van der Waals surface area contributed by atoms with E-state index in [1.54, 1.807) is 0 Å². The summed E-state index contributed by atoms with van der Waals surface area (Å²) in [5, 5.41) is 2.86. The summed E-state index contributed by atoms with van der Waals surface area (Å²) < 4.78 is 41.3. The Morgan fingerprint density at radius 3 is 2.71 bits per heavy atom. The zero-order chi connectivity index (χ0) is 12.5. The van der Waals surface area contributed by atoms with Crippen molar-refractivity contribution in [1.29, 1.82) is 0 Å². The second-order valence-corrected chi connectivity index (χ2v) is 3.16. The van der Waals surface area contributed by atoms with Crippen LogP contribution in [-0.4, -0.2) is 15.1 Å². The van der Waals surface area contributed by atoms with Gasteiger partial charge < -0.3 is 10.3 Å². The Morgan fingerprint density at radius 2 is 2.12 bits per heavy atom. The first-order valence-corrected chi connectivity index (χ1v) is 4.57. The predicted molar refractivity (Wildman–Crippen MR) is 50.4 cm³/mol. The molecule has 8 heteroatoms. The molecule has 0 bridgehead atoms. The molecule has 0 atom stereocenters. The second-order valence-electron chi connectivity index (χ2n) is 3.16. The van der Waals surface area contributed by atoms with Crippen LogP contribution in [-0.2, 0) is 12.7 Å². The fourth-order valence-electron chi connectivity index (χ4n) is 1.18. The van der Waals surface area contributed by atoms with Crippen molar-refractivity contribution in [1.82, 2.24) is 15.1 Å². The average Bonchev–Trinajstić information content (AvgIpc) is 2.78. The van der Waals surface area contributed by atoms with Crippen molar-refractivity contribution >= 4 is 0 Å². The summed E-state index contributed by atoms with van der Waals surface area (Å²) in [6, 6.07) is 2.96. The highest BCUT2D eigenvalue weighted by molar-refractivity contribution is 5.52. The van der Waals surface area contributed by atoms with Gasteiger partial charge in [-0.3, -0.25) is 4.98 Å². The first kappa shape index (κ1) is 11.5. The summed E-state index contributed by atoms with van der Waals surface area (Å²) in [7, 11) is 0. The van der Waals surface area contributed by atoms with Crippen molar-refractivity contribution in [2.45, 2.75) is 12.7 Å². The molecule has 0 aromatic carbocycles. The Kier molecular flexibility index (Phi) is 2.80. The van der Waals surface area contributed by atoms with Gasteiger partial charge in [-0.25, -0.2) is 0 Å². The van der Waals surface area contributed by atoms with Crippen molar-refractivity contribution in [3.05, 3.63) is 29.8 Å². The van der Waals surface area contributed by atoms with Gasteiger partial charge in [-0.2, -0.15) is 18.2 Å². The fourth-order valence-corrected chi connectivity index (χ4v) is 1.18. The van der Waals surface area contributed by atoms with Crippen molar-refractivity contribution in [2.75, 3.05) is 0 Å². The summed E-state index contributed by atoms with van der Waals surface area (Å²) in [6.07, 6.45) is -3.21. The van der Waals surface area contributed by atoms with Crippen LogP contribution in [0.4, 0.5) is 13.2 Å². The Bertz CT molecular complexity index is 523. The molecule has 0 radical (unpaired) electrons. The van der Waals surface area contributed by atoms with E-state index < -0.39 is 12.0 Å². The molecule has 0 fully saturated rings. The molecule has 0 unspecified atom stereocenters. The number of alkyl halides is 3. The first-order chi connectivity index (χ1) is 8.00. The summed E-state index contributed by atoms with van der Waals surface area (Å²) in [6.45, 7) is 0.175. The lowest BCUT2D eigenvalue weighted by Gasteiger charge is -1.98. The summed E-state index contributed by atoms with van der Waals surface area (Å²) in [4.78, 5) is 7.16. The van der Waals surface area contributed by atoms with Crippen LogP contribution in [0.2, 0.25) is 0 Å². The molecule has 0 aliphatic rings. The van der Waals surface area contributed by atoms with Crippen LogP contribution in [0.5, 0.6) is 0 Å². The minimum Gasteiger partial charge on any atom is -0.334 e. The minimum absolute atomic E-state index is 0.175. The normalized spacial score (nSPS) is 11.8. The second kappa shape index (κ2) is 4.13. The van der Waals surface area contributed by atoms with Gasteiger partial charge >= 0.3 is 6.18 Å². The molecule has 2 aromatic heterocycles. The van der Waals surface area contributed by atoms with E-state index in [0.29, 0.717) is 11.3 Å². The Morgan fingerprint density at radius 1 is 1.35 bits per heavy atom. The molecule has 2 N–H and O–H groups in total. The van der Waals surface area contributed by atoms with E-state index >= 15 is 0 Å². The lowest BCUT2D eigenvalue weighted by molar-refractivity contribution is -0.146. The van der Waals surface area contributed by atoms with Crippen LogP contribution in [0.25, 0.3) is 11.5 Å². The lowest BCUT2D eigenvalue weighted by atomic mass is 10.2. The number of pyridine rings is 1. The molecule has 0 saturated carbocycles. The van der Waals surface area contributed by atoms with Gasteiger partial charge in [0.1, 0.15) is 0 Å². The molecule has 0 aliphatic carbocycles. The molecule has 0 amide bonds. The zero-order valence-corrected chi connectivity index (χ0v) is 8.40. The molecule has 0 aliphatic heterocycles. The minimum atomic E-state index is -4.62. The van der Waals surface area contributed by atoms with Crippen LogP contribution in [0, 0.1) is 0 Å². The number of aromatic nitrogens is 3. The fraction of sp³-hybridized carbons (Fsp3) is 0.222. The van der Waals surface area contributed by atoms with E-state index in [9.17, 15) is 13.2 Å². The Balaban J connectivity index is 2.37. The van der Waals surface area contributed by atoms with Gasteiger partial charge in [0, 0.05) is 18.3 Å². The molecule has 2 heterocycles. The number of hydrogen-bond donors (Lipinski definition) is 1. The summed E-state index contributed by atoms with van der Waals surface area (Å²) >= 11 is 0. The summed E-state index contributed by atoms with van der Waals surface area (Å²) in [5.41, 5.74) is 6.23. The third-order valence-corrected chi connectivity index (χ3v) is 1.95. The standard InChI is InChI=1S/C9H7F3N4O/c10-9(11,12)8-15-7(17-16-8)5-1-2-14-6(3-5)4-13/h1-3H,4,13H2. The highest BCUT2D eigenvalue weighted by Gasteiger charge is 2.37. The number of hydrogen-bond acceptors (Lipinski definition) is 5. The smallest absolute Gasteiger partial charge is 0.334 e. The number of nitrogens with two attached hydrogens (primary N) is 1. The third kappa shape index (κ3) is 2.41. The van der Waals surface area contributed by atoms with Gasteiger partial charge in [0.2, 0.25) is 0 Å². The zero-order valence-electron chi connectivity index (χ0n) is 8.40. The van der Waals surface area contributed by atoms with Crippen molar-refractivity contribution in [3.8, 4) is 11.5 Å². The van der Waals surface area contributed by atoms with E-state index in [2.05, 4.69) is 19.6 Å². The molecular formula is C9H7F3N4O. The maximum absolute atomic E-state index is 12.2. The first-order valence-electron chi connectivity index (χ1n) is 4.57. The topological polar surface area (TPSA) is 77.8 Å². The molecular weight excluding hydrogens is 237 g/mol. The third-order valence-electron chi connectivity index (χ3n) is 1.95. The van der Waals surface area contributed by atoms with E-state index in [1.807, 2.05) is 0 Å². The van der Waals surface area contributed by atoms with Crippen LogP contribution in [0.3, 0.4) is 0 Å². The molecule has 0 saturated heterocycles. The van der Waals surface area contributed by atoms with Gasteiger partial charge in [0.15, 0.2) is 0 Å². The van der Waals surface area contributed by atoms with Crippen molar-refractivity contribution in [3.63, 3.8) is 0 Å². The largest absolute Gasteiger partial charge is 0.455 e. The average molecular weight is 244 g/mol. The molecule has 0 spiro atoms. The molecule has 17 heavy (non-hydrogen) atoms. The Hall–Kier alpha value is -1.96. The van der Waals surface area contributed by atoms with Gasteiger partial charge in [0.05, 0.1) is 5.69 Å². The van der Waals surface area contributed by atoms with E-state index in [0.717, 1.165) is 0 Å². The van der Waals surface area contributed by atoms with Crippen molar-refractivity contribution < 1.29 is 17.7 Å². The van der Waals surface area contributed by atoms with E-state index in [1.165, 1.54) is 18.3 Å². The number of halogens is 3. The molecule has 90 valence electrons. The number of rotatable bonds is 2.